The van der Waals surface area contributed by atoms with E-state index in [0.29, 0.717) is 12.1 Å². The van der Waals surface area contributed by atoms with Crippen LogP contribution in [-0.2, 0) is 25.7 Å². The van der Waals surface area contributed by atoms with E-state index < -0.39 is 17.6 Å². The zero-order chi connectivity index (χ0) is 25.3. The van der Waals surface area contributed by atoms with Crippen molar-refractivity contribution in [3.63, 3.8) is 0 Å². The Kier molecular flexibility index (Phi) is 5.90. The van der Waals surface area contributed by atoms with Crippen molar-refractivity contribution in [1.29, 1.82) is 5.26 Å². The highest BCUT2D eigenvalue weighted by Crippen LogP contribution is 2.32. The molecule has 0 spiro atoms. The molecule has 0 N–H and O–H groups in total. The van der Waals surface area contributed by atoms with Crippen molar-refractivity contribution in [2.75, 3.05) is 0 Å². The fourth-order valence-electron chi connectivity index (χ4n) is 3.96. The number of alkyl halides is 3. The monoisotopic (exact) mass is 490 g/mol. The van der Waals surface area contributed by atoms with E-state index in [1.807, 2.05) is 30.3 Å². The summed E-state index contributed by atoms with van der Waals surface area (Å²) in [5, 5.41) is 9.52. The van der Waals surface area contributed by atoms with Crippen molar-refractivity contribution in [1.82, 2.24) is 14.5 Å². The molecule has 0 saturated carbocycles. The van der Waals surface area contributed by atoms with Gasteiger partial charge in [0.15, 0.2) is 0 Å². The Hall–Kier alpha value is -4.65. The first-order valence-corrected chi connectivity index (χ1v) is 10.9. The standard InChI is InChI=1S/C26H17F3N4O3/c27-26(28,29)22-6-3-7-23(31-22)36-21-9-8-16(12-18(21)14-30)15-35-24-13-20-19-5-2-1-4-17(19)10-11-33(20)25(34)32-24/h1-9,12-13H,10-11,15H2. The molecule has 7 nitrogen and oxygen atoms in total. The molecule has 5 rings (SSSR count). The number of pyridine rings is 1. The Balaban J connectivity index is 1.35. The Morgan fingerprint density at radius 2 is 1.83 bits per heavy atom. The van der Waals surface area contributed by atoms with Crippen LogP contribution in [0.5, 0.6) is 17.5 Å². The Morgan fingerprint density at radius 3 is 2.64 bits per heavy atom. The van der Waals surface area contributed by atoms with Crippen molar-refractivity contribution in [2.45, 2.75) is 25.7 Å². The van der Waals surface area contributed by atoms with Crippen LogP contribution in [0.3, 0.4) is 0 Å². The van der Waals surface area contributed by atoms with Gasteiger partial charge in [-0.25, -0.2) is 9.78 Å². The first-order valence-electron chi connectivity index (χ1n) is 10.9. The molecule has 0 radical (unpaired) electrons. The molecule has 2 aromatic carbocycles. The van der Waals surface area contributed by atoms with Gasteiger partial charge in [0.05, 0.1) is 11.3 Å². The predicted octanol–water partition coefficient (Wildman–Crippen LogP) is 5.12. The molecule has 0 aliphatic carbocycles. The smallest absolute Gasteiger partial charge is 0.433 e. The number of rotatable bonds is 5. The average molecular weight is 490 g/mol. The number of nitrogens with zero attached hydrogens (tertiary/aromatic N) is 4. The van der Waals surface area contributed by atoms with Crippen LogP contribution in [0.25, 0.3) is 11.3 Å². The molecule has 1 aliphatic rings. The lowest BCUT2D eigenvalue weighted by Gasteiger charge is -2.21. The van der Waals surface area contributed by atoms with E-state index in [2.05, 4.69) is 9.97 Å². The topological polar surface area (TPSA) is 90.0 Å². The lowest BCUT2D eigenvalue weighted by atomic mass is 9.98. The van der Waals surface area contributed by atoms with Crippen molar-refractivity contribution in [2.24, 2.45) is 0 Å². The van der Waals surface area contributed by atoms with E-state index in [-0.39, 0.29) is 29.7 Å². The van der Waals surface area contributed by atoms with Crippen LogP contribution in [0.2, 0.25) is 0 Å². The van der Waals surface area contributed by atoms with Gasteiger partial charge in [0.1, 0.15) is 24.1 Å². The van der Waals surface area contributed by atoms with Gasteiger partial charge in [0.25, 0.3) is 0 Å². The number of halogens is 3. The minimum Gasteiger partial charge on any atom is -0.473 e. The van der Waals surface area contributed by atoms with E-state index in [9.17, 15) is 23.2 Å². The highest BCUT2D eigenvalue weighted by Gasteiger charge is 2.32. The van der Waals surface area contributed by atoms with Crippen LogP contribution < -0.4 is 15.2 Å². The molecule has 3 heterocycles. The Morgan fingerprint density at radius 1 is 1.00 bits per heavy atom. The van der Waals surface area contributed by atoms with Gasteiger partial charge in [-0.2, -0.15) is 23.4 Å². The first kappa shape index (κ1) is 23.1. The summed E-state index contributed by atoms with van der Waals surface area (Å²) in [6.45, 7) is 0.542. The third-order valence-corrected chi connectivity index (χ3v) is 5.67. The predicted molar refractivity (Wildman–Crippen MR) is 122 cm³/mol. The summed E-state index contributed by atoms with van der Waals surface area (Å²) in [5.74, 6) is -0.0888. The number of fused-ring (bicyclic) bond motifs is 3. The second-order valence-corrected chi connectivity index (χ2v) is 8.01. The highest BCUT2D eigenvalue weighted by molar-refractivity contribution is 5.66. The fourth-order valence-corrected chi connectivity index (χ4v) is 3.96. The van der Waals surface area contributed by atoms with Crippen LogP contribution in [0, 0.1) is 11.3 Å². The van der Waals surface area contributed by atoms with E-state index in [0.717, 1.165) is 29.3 Å². The van der Waals surface area contributed by atoms with Gasteiger partial charge in [-0.05, 0) is 35.7 Å². The molecule has 0 unspecified atom stereocenters. The summed E-state index contributed by atoms with van der Waals surface area (Å²) in [7, 11) is 0. The molecule has 0 atom stereocenters. The number of nitriles is 1. The normalized spacial score (nSPS) is 12.3. The summed E-state index contributed by atoms with van der Waals surface area (Å²) >= 11 is 0. The van der Waals surface area contributed by atoms with Gasteiger partial charge in [0.2, 0.25) is 11.8 Å². The average Bonchev–Trinajstić information content (AvgIpc) is 2.87. The number of hydrogen-bond acceptors (Lipinski definition) is 6. The molecule has 0 fully saturated rings. The van der Waals surface area contributed by atoms with E-state index in [1.165, 1.54) is 24.3 Å². The Bertz CT molecular complexity index is 1560. The summed E-state index contributed by atoms with van der Waals surface area (Å²) < 4.78 is 51.5. The third kappa shape index (κ3) is 4.63. The lowest BCUT2D eigenvalue weighted by molar-refractivity contribution is -0.141. The molecule has 10 heteroatoms. The number of benzene rings is 2. The second kappa shape index (κ2) is 9.19. The molecule has 2 aromatic heterocycles. The van der Waals surface area contributed by atoms with Crippen molar-refractivity contribution < 1.29 is 22.6 Å². The minimum atomic E-state index is -4.62. The largest absolute Gasteiger partial charge is 0.473 e. The molecule has 0 saturated heterocycles. The maximum atomic E-state index is 12.9. The van der Waals surface area contributed by atoms with Crippen LogP contribution >= 0.6 is 0 Å². The maximum Gasteiger partial charge on any atom is 0.433 e. The van der Waals surface area contributed by atoms with Gasteiger partial charge in [-0.1, -0.05) is 36.4 Å². The van der Waals surface area contributed by atoms with Crippen LogP contribution in [0.15, 0.2) is 71.5 Å². The van der Waals surface area contributed by atoms with E-state index in [1.54, 1.807) is 16.7 Å². The van der Waals surface area contributed by atoms with Crippen molar-refractivity contribution in [3.05, 3.63) is 99.6 Å². The second-order valence-electron chi connectivity index (χ2n) is 8.01. The van der Waals surface area contributed by atoms with Crippen LogP contribution in [0.4, 0.5) is 13.2 Å². The quantitative estimate of drug-likeness (QED) is 0.386. The summed E-state index contributed by atoms with van der Waals surface area (Å²) in [4.78, 5) is 20.0. The molecule has 1 aliphatic heterocycles. The maximum absolute atomic E-state index is 12.9. The number of hydrogen-bond donors (Lipinski definition) is 0. The van der Waals surface area contributed by atoms with Crippen LogP contribution in [-0.4, -0.2) is 14.5 Å². The van der Waals surface area contributed by atoms with Gasteiger partial charge >= 0.3 is 11.9 Å². The molecule has 0 bridgehead atoms. The summed E-state index contributed by atoms with van der Waals surface area (Å²) in [6, 6.07) is 19.3. The molecule has 180 valence electrons. The molecule has 36 heavy (non-hydrogen) atoms. The zero-order valence-electron chi connectivity index (χ0n) is 18.6. The molecular weight excluding hydrogens is 473 g/mol. The van der Waals surface area contributed by atoms with E-state index in [4.69, 9.17) is 9.47 Å². The van der Waals surface area contributed by atoms with Gasteiger partial charge in [-0.15, -0.1) is 0 Å². The molecule has 4 aromatic rings. The Labute approximate surface area is 203 Å². The number of aryl methyl sites for hydroxylation is 1. The molecule has 0 amide bonds. The minimum absolute atomic E-state index is 0.00824. The SMILES string of the molecule is N#Cc1cc(COc2cc3n(c(=O)n2)CCc2ccccc2-3)ccc1Oc1cccc(C(F)(F)F)n1. The van der Waals surface area contributed by atoms with Gasteiger partial charge in [0, 0.05) is 24.2 Å². The number of ether oxygens (including phenoxy) is 2. The van der Waals surface area contributed by atoms with Gasteiger partial charge < -0.3 is 9.47 Å². The summed E-state index contributed by atoms with van der Waals surface area (Å²) in [6.07, 6.45) is -3.87. The highest BCUT2D eigenvalue weighted by atomic mass is 19.4. The van der Waals surface area contributed by atoms with Crippen molar-refractivity contribution in [3.8, 4) is 34.8 Å². The lowest BCUT2D eigenvalue weighted by Crippen LogP contribution is -2.28. The summed E-state index contributed by atoms with van der Waals surface area (Å²) in [5.41, 5.74) is 1.97. The van der Waals surface area contributed by atoms with E-state index >= 15 is 0 Å². The zero-order valence-corrected chi connectivity index (χ0v) is 18.6. The fraction of sp³-hybridized carbons (Fsp3) is 0.154. The van der Waals surface area contributed by atoms with Gasteiger partial charge in [-0.3, -0.25) is 4.57 Å². The number of aromatic nitrogens is 3. The van der Waals surface area contributed by atoms with Crippen LogP contribution in [0.1, 0.15) is 22.4 Å². The third-order valence-electron chi connectivity index (χ3n) is 5.67. The van der Waals surface area contributed by atoms with Crippen molar-refractivity contribution >= 4 is 0 Å². The molecular formula is C26H17F3N4O3. The first-order chi connectivity index (χ1) is 17.3.